The molecule has 0 heterocycles. The second-order valence-corrected chi connectivity index (χ2v) is 13.5. The van der Waals surface area contributed by atoms with Gasteiger partial charge in [-0.1, -0.05) is 23.2 Å². The zero-order valence-corrected chi connectivity index (χ0v) is 30.9. The lowest BCUT2D eigenvalue weighted by molar-refractivity contribution is -0.0211. The molecule has 264 valence electrons. The number of carbonyl (C=O) groups is 4. The van der Waals surface area contributed by atoms with Gasteiger partial charge in [0.1, 0.15) is 16.8 Å². The first-order chi connectivity index (χ1) is 19.6. The number of nitrogens with one attached hydrogen (secondary N) is 2. The summed E-state index contributed by atoms with van der Waals surface area (Å²) in [5, 5.41) is 14.3. The molecular formula is C28H55Cl3N2O11. The van der Waals surface area contributed by atoms with Crippen molar-refractivity contribution in [2.75, 3.05) is 26.3 Å². The van der Waals surface area contributed by atoms with Crippen LogP contribution in [0.4, 0.5) is 19.2 Å². The normalized spacial score (nSPS) is 12.5. The Balaban J connectivity index is -0.000000274. The maximum atomic E-state index is 11.4. The fraction of sp³-hybridized carbons (Fsp3) is 0.857. The summed E-state index contributed by atoms with van der Waals surface area (Å²) < 4.78 is 28.7. The molecule has 0 radical (unpaired) electrons. The summed E-state index contributed by atoms with van der Waals surface area (Å²) >= 11 is 15.4. The van der Waals surface area contributed by atoms with Crippen LogP contribution in [0.5, 0.6) is 0 Å². The molecule has 44 heavy (non-hydrogen) atoms. The zero-order chi connectivity index (χ0) is 35.9. The molecule has 0 bridgehead atoms. The van der Waals surface area contributed by atoms with Crippen LogP contribution in [-0.4, -0.2) is 88.7 Å². The molecule has 0 aromatic heterocycles. The Morgan fingerprint density at radius 3 is 1.27 bits per heavy atom. The number of amides is 2. The average Bonchev–Trinajstić information content (AvgIpc) is 2.74. The number of hydrogen-bond donors (Lipinski definition) is 3. The molecule has 2 unspecified atom stereocenters. The van der Waals surface area contributed by atoms with Gasteiger partial charge in [0.05, 0.1) is 12.1 Å². The average molecular weight is 702 g/mol. The van der Waals surface area contributed by atoms with Gasteiger partial charge in [-0.05, 0) is 96.9 Å². The van der Waals surface area contributed by atoms with Crippen molar-refractivity contribution >= 4 is 58.6 Å². The first-order valence-corrected chi connectivity index (χ1v) is 15.1. The summed E-state index contributed by atoms with van der Waals surface area (Å²) in [5.41, 5.74) is -5.20. The van der Waals surface area contributed by atoms with E-state index in [0.29, 0.717) is 0 Å². The molecule has 2 amide bonds. The van der Waals surface area contributed by atoms with Crippen LogP contribution in [0.3, 0.4) is 0 Å². The zero-order valence-electron chi connectivity index (χ0n) is 28.6. The highest BCUT2D eigenvalue weighted by molar-refractivity contribution is 6.61. The van der Waals surface area contributed by atoms with E-state index in [9.17, 15) is 24.3 Å². The Labute approximate surface area is 278 Å². The standard InChI is InChI=1S/C12H22ClNO5.C9H19NO3.C4H10O.C3H4Cl2O2/c1-8(13)17-10(16)19-12(5,6)7-14-9(15)18-11(2,3)4;1-8(2,3)13-7(11)10-6-9(4,5)12;1-3-5-4-2;1-2(4)7-3(5)6/h8H,7H2,1-6H3,(H,14,15);12H,6H2,1-5H3,(H,10,11);3-4H2,1-2H3;2H,1H3. The van der Waals surface area contributed by atoms with E-state index >= 15 is 0 Å². The van der Waals surface area contributed by atoms with E-state index in [2.05, 4.69) is 20.1 Å². The Hall–Kier alpha value is -1.93. The fourth-order valence-corrected chi connectivity index (χ4v) is 2.28. The SMILES string of the molecule is CC(C)(O)CNC(=O)OC(C)(C)C.CC(Cl)OC(=O)Cl.CC(Cl)OC(=O)OC(C)(C)CNC(=O)OC(C)(C)C.CCOCC. The molecule has 0 saturated heterocycles. The Bertz CT molecular complexity index is 804. The predicted octanol–water partition coefficient (Wildman–Crippen LogP) is 7.30. The van der Waals surface area contributed by atoms with E-state index in [1.807, 2.05) is 13.8 Å². The monoisotopic (exact) mass is 700 g/mol. The van der Waals surface area contributed by atoms with E-state index in [-0.39, 0.29) is 13.1 Å². The summed E-state index contributed by atoms with van der Waals surface area (Å²) in [5.74, 6) is 0. The smallest absolute Gasteiger partial charge is 0.444 e. The maximum Gasteiger partial charge on any atom is 0.510 e. The minimum absolute atomic E-state index is 0.0910. The lowest BCUT2D eigenvalue weighted by Crippen LogP contribution is -2.43. The maximum absolute atomic E-state index is 11.4. The van der Waals surface area contributed by atoms with Gasteiger partial charge >= 0.3 is 23.8 Å². The minimum Gasteiger partial charge on any atom is -0.444 e. The van der Waals surface area contributed by atoms with Gasteiger partial charge in [-0.2, -0.15) is 0 Å². The largest absolute Gasteiger partial charge is 0.510 e. The predicted molar refractivity (Wildman–Crippen MR) is 172 cm³/mol. The summed E-state index contributed by atoms with van der Waals surface area (Å²) in [7, 11) is 0. The molecule has 3 N–H and O–H groups in total. The van der Waals surface area contributed by atoms with Crippen LogP contribution >= 0.6 is 34.8 Å². The number of carbonyl (C=O) groups excluding carboxylic acids is 4. The highest BCUT2D eigenvalue weighted by Gasteiger charge is 2.27. The molecule has 2 atom stereocenters. The van der Waals surface area contributed by atoms with Crippen molar-refractivity contribution < 1.29 is 52.7 Å². The number of rotatable bonds is 9. The topological polar surface area (TPSA) is 168 Å². The number of hydrogen-bond acceptors (Lipinski definition) is 11. The molecule has 0 spiro atoms. The van der Waals surface area contributed by atoms with Crippen molar-refractivity contribution in [3.63, 3.8) is 0 Å². The van der Waals surface area contributed by atoms with Crippen LogP contribution in [0, 0.1) is 0 Å². The molecule has 0 aromatic carbocycles. The van der Waals surface area contributed by atoms with Gasteiger partial charge in [0.25, 0.3) is 0 Å². The van der Waals surface area contributed by atoms with Crippen LogP contribution in [0.15, 0.2) is 0 Å². The van der Waals surface area contributed by atoms with E-state index < -0.39 is 57.3 Å². The summed E-state index contributed by atoms with van der Waals surface area (Å²) in [6.07, 6.45) is -1.98. The third kappa shape index (κ3) is 49.7. The second kappa shape index (κ2) is 24.3. The Morgan fingerprint density at radius 1 is 0.682 bits per heavy atom. The lowest BCUT2D eigenvalue weighted by atomic mass is 10.1. The molecule has 0 fully saturated rings. The summed E-state index contributed by atoms with van der Waals surface area (Å²) in [6.45, 7) is 26.1. The third-order valence-electron chi connectivity index (χ3n) is 3.40. The van der Waals surface area contributed by atoms with E-state index in [0.717, 1.165) is 13.2 Å². The molecule has 0 saturated carbocycles. The van der Waals surface area contributed by atoms with Crippen LogP contribution in [0.2, 0.25) is 0 Å². The molecular weight excluding hydrogens is 647 g/mol. The fourth-order valence-electron chi connectivity index (χ4n) is 1.95. The Morgan fingerprint density at radius 2 is 1.05 bits per heavy atom. The van der Waals surface area contributed by atoms with E-state index in [1.165, 1.54) is 13.8 Å². The molecule has 0 rings (SSSR count). The van der Waals surface area contributed by atoms with Gasteiger partial charge in [0.15, 0.2) is 11.1 Å². The number of alkyl halides is 2. The molecule has 13 nitrogen and oxygen atoms in total. The van der Waals surface area contributed by atoms with Gasteiger partial charge in [-0.25, -0.2) is 19.2 Å². The quantitative estimate of drug-likeness (QED) is 0.0955. The van der Waals surface area contributed by atoms with Crippen molar-refractivity contribution in [3.05, 3.63) is 0 Å². The van der Waals surface area contributed by atoms with Crippen molar-refractivity contribution in [2.45, 2.75) is 130 Å². The van der Waals surface area contributed by atoms with Crippen molar-refractivity contribution in [1.82, 2.24) is 10.6 Å². The van der Waals surface area contributed by atoms with Gasteiger partial charge in [0, 0.05) is 31.4 Å². The molecule has 16 heteroatoms. The highest BCUT2D eigenvalue weighted by atomic mass is 35.5. The number of aliphatic hydroxyl groups is 1. The van der Waals surface area contributed by atoms with Gasteiger partial charge in [0.2, 0.25) is 0 Å². The minimum atomic E-state index is -0.931. The van der Waals surface area contributed by atoms with Crippen LogP contribution in [-0.2, 0) is 28.4 Å². The third-order valence-corrected chi connectivity index (χ3v) is 3.67. The lowest BCUT2D eigenvalue weighted by Gasteiger charge is -2.26. The Kier molecular flexibility index (Phi) is 27.1. The van der Waals surface area contributed by atoms with Gasteiger partial charge in [-0.15, -0.1) is 0 Å². The van der Waals surface area contributed by atoms with E-state index in [4.69, 9.17) is 53.8 Å². The molecule has 0 aromatic rings. The van der Waals surface area contributed by atoms with Crippen LogP contribution in [0.1, 0.15) is 96.9 Å². The second-order valence-electron chi connectivity index (χ2n) is 12.0. The molecule has 0 aliphatic heterocycles. The van der Waals surface area contributed by atoms with Gasteiger partial charge < -0.3 is 44.2 Å². The highest BCUT2D eigenvalue weighted by Crippen LogP contribution is 2.12. The van der Waals surface area contributed by atoms with Crippen molar-refractivity contribution in [2.24, 2.45) is 0 Å². The summed E-state index contributed by atoms with van der Waals surface area (Å²) in [6, 6.07) is 0. The molecule has 0 aliphatic carbocycles. The van der Waals surface area contributed by atoms with Crippen molar-refractivity contribution in [3.8, 4) is 0 Å². The number of halogens is 3. The van der Waals surface area contributed by atoms with Gasteiger partial charge in [-0.3, -0.25) is 0 Å². The van der Waals surface area contributed by atoms with Crippen LogP contribution in [0.25, 0.3) is 0 Å². The number of alkyl carbamates (subject to hydrolysis) is 2. The summed E-state index contributed by atoms with van der Waals surface area (Å²) in [4.78, 5) is 43.5. The van der Waals surface area contributed by atoms with Crippen molar-refractivity contribution in [1.29, 1.82) is 0 Å². The van der Waals surface area contributed by atoms with E-state index in [1.54, 1.807) is 69.2 Å². The number of ether oxygens (including phenoxy) is 6. The first-order valence-electron chi connectivity index (χ1n) is 13.8. The first kappa shape index (κ1) is 49.0. The van der Waals surface area contributed by atoms with Crippen LogP contribution < -0.4 is 10.6 Å². The molecule has 0 aliphatic rings.